The monoisotopic (exact) mass is 414 g/mol. The highest BCUT2D eigenvalue weighted by Crippen LogP contribution is 2.36. The Hall–Kier alpha value is -3.09. The first kappa shape index (κ1) is 21.6. The fourth-order valence-corrected chi connectivity index (χ4v) is 3.06. The van der Waals surface area contributed by atoms with Gasteiger partial charge in [-0.15, -0.1) is 0 Å². The van der Waals surface area contributed by atoms with Gasteiger partial charge in [0.25, 0.3) is 0 Å². The second-order valence-corrected chi connectivity index (χ2v) is 7.18. The standard InChI is InChI=1S/C23H25F3N4/c1-3-4-5-8-17-9-6-7-10-20(17)29-21-19(23(24,25)26)15-27-22(30-21)28-18-13-11-16(2)12-14-18/h6-7,9-15H,3-5,8H2,1-2H3,(H2,27,28,29,30). The van der Waals surface area contributed by atoms with Crippen molar-refractivity contribution in [3.05, 3.63) is 71.4 Å². The molecule has 3 aromatic rings. The summed E-state index contributed by atoms with van der Waals surface area (Å²) in [5.41, 5.74) is 2.47. The summed E-state index contributed by atoms with van der Waals surface area (Å²) in [5, 5.41) is 5.86. The second kappa shape index (κ2) is 9.61. The van der Waals surface area contributed by atoms with Gasteiger partial charge >= 0.3 is 6.18 Å². The number of nitrogens with one attached hydrogen (secondary N) is 2. The van der Waals surface area contributed by atoms with Gasteiger partial charge in [0.2, 0.25) is 5.95 Å². The van der Waals surface area contributed by atoms with Crippen LogP contribution in [0.1, 0.15) is 42.9 Å². The first-order valence-corrected chi connectivity index (χ1v) is 9.99. The van der Waals surface area contributed by atoms with Gasteiger partial charge in [0.05, 0.1) is 0 Å². The van der Waals surface area contributed by atoms with Gasteiger partial charge in [-0.3, -0.25) is 0 Å². The van der Waals surface area contributed by atoms with Crippen LogP contribution in [-0.4, -0.2) is 9.97 Å². The van der Waals surface area contributed by atoms with Crippen molar-refractivity contribution in [1.29, 1.82) is 0 Å². The number of anilines is 4. The van der Waals surface area contributed by atoms with E-state index in [9.17, 15) is 13.2 Å². The zero-order valence-electron chi connectivity index (χ0n) is 17.1. The normalized spacial score (nSPS) is 11.4. The van der Waals surface area contributed by atoms with Gasteiger partial charge in [0.1, 0.15) is 11.4 Å². The van der Waals surface area contributed by atoms with Crippen LogP contribution >= 0.6 is 0 Å². The Morgan fingerprint density at radius 2 is 1.67 bits per heavy atom. The van der Waals surface area contributed by atoms with Gasteiger partial charge in [-0.1, -0.05) is 55.7 Å². The highest BCUT2D eigenvalue weighted by atomic mass is 19.4. The Labute approximate surface area is 174 Å². The minimum atomic E-state index is -4.57. The number of benzene rings is 2. The molecule has 30 heavy (non-hydrogen) atoms. The van der Waals surface area contributed by atoms with Gasteiger partial charge in [0.15, 0.2) is 0 Å². The maximum Gasteiger partial charge on any atom is 0.421 e. The summed E-state index contributed by atoms with van der Waals surface area (Å²) in [6.45, 7) is 4.07. The van der Waals surface area contributed by atoms with E-state index in [1.165, 1.54) is 0 Å². The largest absolute Gasteiger partial charge is 0.421 e. The molecule has 0 spiro atoms. The molecule has 0 radical (unpaired) electrons. The highest BCUT2D eigenvalue weighted by Gasteiger charge is 2.35. The third-order valence-corrected chi connectivity index (χ3v) is 4.72. The van der Waals surface area contributed by atoms with Crippen molar-refractivity contribution in [2.45, 2.75) is 45.7 Å². The predicted octanol–water partition coefficient (Wildman–Crippen LogP) is 7.02. The smallest absolute Gasteiger partial charge is 0.339 e. The third kappa shape index (κ3) is 5.72. The minimum absolute atomic E-state index is 0.0952. The lowest BCUT2D eigenvalue weighted by atomic mass is 10.1. The summed E-state index contributed by atoms with van der Waals surface area (Å²) in [7, 11) is 0. The van der Waals surface area contributed by atoms with Crippen molar-refractivity contribution in [2.24, 2.45) is 0 Å². The summed E-state index contributed by atoms with van der Waals surface area (Å²) in [6, 6.07) is 14.8. The Morgan fingerprint density at radius 1 is 0.933 bits per heavy atom. The molecule has 1 heterocycles. The Bertz CT molecular complexity index is 969. The fourth-order valence-electron chi connectivity index (χ4n) is 3.06. The van der Waals surface area contributed by atoms with Crippen LogP contribution in [0.2, 0.25) is 0 Å². The van der Waals surface area contributed by atoms with Gasteiger partial charge in [-0.25, -0.2) is 4.98 Å². The molecule has 0 saturated carbocycles. The van der Waals surface area contributed by atoms with Crippen molar-refractivity contribution in [1.82, 2.24) is 9.97 Å². The van der Waals surface area contributed by atoms with E-state index in [0.29, 0.717) is 11.4 Å². The van der Waals surface area contributed by atoms with E-state index in [1.807, 2.05) is 43.3 Å². The van der Waals surface area contributed by atoms with Crippen molar-refractivity contribution in [3.63, 3.8) is 0 Å². The number of aryl methyl sites for hydroxylation is 2. The van der Waals surface area contributed by atoms with Crippen molar-refractivity contribution in [2.75, 3.05) is 10.6 Å². The fraction of sp³-hybridized carbons (Fsp3) is 0.304. The molecular weight excluding hydrogens is 389 g/mol. The molecule has 0 amide bonds. The number of halogens is 3. The number of unbranched alkanes of at least 4 members (excludes halogenated alkanes) is 2. The molecule has 0 aliphatic rings. The molecule has 7 heteroatoms. The van der Waals surface area contributed by atoms with Crippen LogP contribution in [0, 0.1) is 6.92 Å². The van der Waals surface area contributed by atoms with Gasteiger partial charge in [-0.05, 0) is 43.5 Å². The third-order valence-electron chi connectivity index (χ3n) is 4.72. The molecule has 3 rings (SSSR count). The van der Waals surface area contributed by atoms with Crippen LogP contribution in [0.15, 0.2) is 54.7 Å². The molecule has 2 N–H and O–H groups in total. The SMILES string of the molecule is CCCCCc1ccccc1Nc1nc(Nc2ccc(C)cc2)ncc1C(F)(F)F. The van der Waals surface area contributed by atoms with Crippen molar-refractivity contribution >= 4 is 23.1 Å². The first-order valence-electron chi connectivity index (χ1n) is 9.99. The molecule has 0 saturated heterocycles. The molecule has 0 bridgehead atoms. The lowest BCUT2D eigenvalue weighted by Crippen LogP contribution is -2.13. The van der Waals surface area contributed by atoms with Gasteiger partial charge in [0, 0.05) is 17.6 Å². The van der Waals surface area contributed by atoms with Crippen LogP contribution in [0.25, 0.3) is 0 Å². The average molecular weight is 414 g/mol. The lowest BCUT2D eigenvalue weighted by molar-refractivity contribution is -0.137. The number of aromatic nitrogens is 2. The summed E-state index contributed by atoms with van der Waals surface area (Å²) >= 11 is 0. The van der Waals surface area contributed by atoms with E-state index >= 15 is 0 Å². The van der Waals surface area contributed by atoms with E-state index < -0.39 is 11.7 Å². The van der Waals surface area contributed by atoms with Crippen molar-refractivity contribution in [3.8, 4) is 0 Å². The molecule has 2 aromatic carbocycles. The molecule has 158 valence electrons. The average Bonchev–Trinajstić information content (AvgIpc) is 2.70. The van der Waals surface area contributed by atoms with E-state index in [1.54, 1.807) is 12.1 Å². The number of alkyl halides is 3. The second-order valence-electron chi connectivity index (χ2n) is 7.18. The molecule has 0 aliphatic heterocycles. The number of para-hydroxylation sites is 1. The van der Waals surface area contributed by atoms with E-state index in [4.69, 9.17) is 0 Å². The van der Waals surface area contributed by atoms with E-state index in [-0.39, 0.29) is 11.8 Å². The summed E-state index contributed by atoms with van der Waals surface area (Å²) in [5.74, 6) is -0.173. The maximum atomic E-state index is 13.6. The molecule has 0 fully saturated rings. The van der Waals surface area contributed by atoms with E-state index in [2.05, 4.69) is 27.5 Å². The molecule has 1 aromatic heterocycles. The zero-order chi connectivity index (χ0) is 21.6. The highest BCUT2D eigenvalue weighted by molar-refractivity contribution is 5.65. The molecule has 0 unspecified atom stereocenters. The summed E-state index contributed by atoms with van der Waals surface area (Å²) in [4.78, 5) is 8.00. The molecular formula is C23H25F3N4. The Morgan fingerprint density at radius 3 is 2.37 bits per heavy atom. The topological polar surface area (TPSA) is 49.8 Å². The van der Waals surface area contributed by atoms with Gasteiger partial charge in [-0.2, -0.15) is 18.2 Å². The Kier molecular flexibility index (Phi) is 6.92. The van der Waals surface area contributed by atoms with Crippen molar-refractivity contribution < 1.29 is 13.2 Å². The molecule has 4 nitrogen and oxygen atoms in total. The number of rotatable bonds is 8. The summed E-state index contributed by atoms with van der Waals surface area (Å²) < 4.78 is 40.7. The molecule has 0 atom stereocenters. The number of hydrogen-bond donors (Lipinski definition) is 2. The van der Waals surface area contributed by atoms with Crippen LogP contribution < -0.4 is 10.6 Å². The predicted molar refractivity (Wildman–Crippen MR) is 114 cm³/mol. The summed E-state index contributed by atoms with van der Waals surface area (Å²) in [6.07, 6.45) is 0.157. The van der Waals surface area contributed by atoms with E-state index in [0.717, 1.165) is 43.0 Å². The Balaban J connectivity index is 1.91. The quantitative estimate of drug-likeness (QED) is 0.389. The first-order chi connectivity index (χ1) is 14.4. The minimum Gasteiger partial charge on any atom is -0.339 e. The maximum absolute atomic E-state index is 13.6. The van der Waals surface area contributed by atoms with Crippen LogP contribution in [0.4, 0.5) is 36.3 Å². The molecule has 0 aliphatic carbocycles. The van der Waals surface area contributed by atoms with Crippen LogP contribution in [-0.2, 0) is 12.6 Å². The van der Waals surface area contributed by atoms with Crippen LogP contribution in [0.5, 0.6) is 0 Å². The number of nitrogens with zero attached hydrogens (tertiary/aromatic N) is 2. The lowest BCUT2D eigenvalue weighted by Gasteiger charge is -2.17. The number of hydrogen-bond acceptors (Lipinski definition) is 4. The van der Waals surface area contributed by atoms with Crippen LogP contribution in [0.3, 0.4) is 0 Å². The van der Waals surface area contributed by atoms with Gasteiger partial charge < -0.3 is 10.6 Å². The zero-order valence-corrected chi connectivity index (χ0v) is 17.1.